The number of hydrogen-bond acceptors (Lipinski definition) is 8. The van der Waals surface area contributed by atoms with Gasteiger partial charge in [-0.3, -0.25) is 9.59 Å². The number of nitrogens with two attached hydrogens (primary N) is 1. The molecule has 1 aliphatic heterocycles. The summed E-state index contributed by atoms with van der Waals surface area (Å²) < 4.78 is 12.1. The molecule has 0 fully saturated rings. The maximum Gasteiger partial charge on any atom is 0.294 e. The van der Waals surface area contributed by atoms with Crippen LogP contribution >= 0.6 is 11.8 Å². The summed E-state index contributed by atoms with van der Waals surface area (Å²) in [5.41, 5.74) is 0.701. The molecule has 0 aliphatic carbocycles. The second-order valence-corrected chi connectivity index (χ2v) is 7.67. The molecule has 3 rings (SSSR count). The third kappa shape index (κ3) is 4.38. The Hall–Kier alpha value is -2.75. The van der Waals surface area contributed by atoms with Gasteiger partial charge in [-0.1, -0.05) is 31.7 Å². The first-order valence-corrected chi connectivity index (χ1v) is 9.88. The maximum atomic E-state index is 12.5. The maximum absolute atomic E-state index is 12.5. The fourth-order valence-electron chi connectivity index (χ4n) is 2.80. The van der Waals surface area contributed by atoms with Crippen molar-refractivity contribution in [3.63, 3.8) is 0 Å². The van der Waals surface area contributed by atoms with Crippen molar-refractivity contribution in [2.24, 2.45) is 5.92 Å². The molecule has 1 aromatic carbocycles. The molecule has 0 saturated heterocycles. The first kappa shape index (κ1) is 20.0. The van der Waals surface area contributed by atoms with Crippen LogP contribution in [0.1, 0.15) is 31.1 Å². The highest BCUT2D eigenvalue weighted by molar-refractivity contribution is 7.99. The van der Waals surface area contributed by atoms with E-state index in [0.717, 1.165) is 22.0 Å². The molecule has 0 unspecified atom stereocenters. The predicted octanol–water partition coefficient (Wildman–Crippen LogP) is 1.04. The van der Waals surface area contributed by atoms with Crippen molar-refractivity contribution in [1.82, 2.24) is 20.2 Å². The van der Waals surface area contributed by atoms with Crippen LogP contribution in [0.25, 0.3) is 0 Å². The molecule has 1 atom stereocenters. The van der Waals surface area contributed by atoms with Crippen molar-refractivity contribution in [2.75, 3.05) is 24.8 Å². The van der Waals surface area contributed by atoms with Crippen molar-refractivity contribution in [1.29, 1.82) is 0 Å². The van der Waals surface area contributed by atoms with E-state index in [1.54, 1.807) is 0 Å². The Balaban J connectivity index is 1.68. The quantitative estimate of drug-likeness (QED) is 0.540. The monoisotopic (exact) mass is 405 g/mol. The molecule has 0 bridgehead atoms. The number of hydrogen-bond donors (Lipinski definition) is 2. The third-order valence-electron chi connectivity index (χ3n) is 4.26. The van der Waals surface area contributed by atoms with Gasteiger partial charge in [0.15, 0.2) is 11.5 Å². The van der Waals surface area contributed by atoms with Gasteiger partial charge in [0.05, 0.1) is 11.8 Å². The Labute approximate surface area is 166 Å². The highest BCUT2D eigenvalue weighted by atomic mass is 32.2. The Bertz CT molecular complexity index is 931. The summed E-state index contributed by atoms with van der Waals surface area (Å²) in [5.74, 6) is 7.10. The molecule has 3 N–H and O–H groups in total. The predicted molar refractivity (Wildman–Crippen MR) is 105 cm³/mol. The fourth-order valence-corrected chi connectivity index (χ4v) is 3.47. The van der Waals surface area contributed by atoms with Gasteiger partial charge in [-0.2, -0.15) is 4.68 Å². The number of aromatic nitrogens is 3. The molecule has 0 spiro atoms. The van der Waals surface area contributed by atoms with Crippen LogP contribution in [0, 0.1) is 12.8 Å². The van der Waals surface area contributed by atoms with Crippen LogP contribution in [-0.2, 0) is 4.79 Å². The normalized spacial score (nSPS) is 14.0. The van der Waals surface area contributed by atoms with E-state index in [9.17, 15) is 9.59 Å². The zero-order valence-electron chi connectivity index (χ0n) is 16.0. The lowest BCUT2D eigenvalue weighted by molar-refractivity contribution is -0.119. The van der Waals surface area contributed by atoms with E-state index >= 15 is 0 Å². The lowest BCUT2D eigenvalue weighted by atomic mass is 9.95. The van der Waals surface area contributed by atoms with Gasteiger partial charge in [-0.25, -0.2) is 0 Å². The number of fused-ring (bicyclic) bond motifs is 1. The molecule has 9 nitrogen and oxygen atoms in total. The van der Waals surface area contributed by atoms with Crippen LogP contribution in [0.5, 0.6) is 11.5 Å². The van der Waals surface area contributed by atoms with Gasteiger partial charge in [0.25, 0.3) is 5.56 Å². The Morgan fingerprint density at radius 1 is 1.29 bits per heavy atom. The van der Waals surface area contributed by atoms with Crippen LogP contribution < -0.4 is 26.2 Å². The summed E-state index contributed by atoms with van der Waals surface area (Å²) in [6, 6.07) is 5.48. The summed E-state index contributed by atoms with van der Waals surface area (Å²) in [6.45, 7) is 6.61. The number of carbonyl (C=O) groups is 1. The number of thioether (sulfide) groups is 1. The van der Waals surface area contributed by atoms with E-state index < -0.39 is 5.56 Å². The lowest BCUT2D eigenvalue weighted by Gasteiger charge is -2.25. The SMILES string of the molecule is Cc1nnc(SCC(=O)N[C@H](c2ccc3c(c2)OCCO3)C(C)C)n(N)c1=O. The number of carbonyl (C=O) groups excluding carboxylic acids is 1. The molecule has 28 heavy (non-hydrogen) atoms. The molecule has 0 radical (unpaired) electrons. The van der Waals surface area contributed by atoms with E-state index in [1.807, 2.05) is 32.0 Å². The number of ether oxygens (including phenoxy) is 2. The lowest BCUT2D eigenvalue weighted by Crippen LogP contribution is -2.35. The van der Waals surface area contributed by atoms with E-state index in [-0.39, 0.29) is 34.5 Å². The van der Waals surface area contributed by atoms with Gasteiger partial charge >= 0.3 is 0 Å². The van der Waals surface area contributed by atoms with Crippen molar-refractivity contribution < 1.29 is 14.3 Å². The molecule has 1 aliphatic rings. The summed E-state index contributed by atoms with van der Waals surface area (Å²) in [4.78, 5) is 24.3. The zero-order chi connectivity index (χ0) is 20.3. The number of amides is 1. The third-order valence-corrected chi connectivity index (χ3v) is 5.20. The van der Waals surface area contributed by atoms with E-state index in [2.05, 4.69) is 15.5 Å². The smallest absolute Gasteiger partial charge is 0.294 e. The molecule has 10 heteroatoms. The minimum absolute atomic E-state index is 0.0577. The van der Waals surface area contributed by atoms with Crippen LogP contribution in [-0.4, -0.2) is 39.7 Å². The van der Waals surface area contributed by atoms with Crippen LogP contribution in [0.4, 0.5) is 0 Å². The number of benzene rings is 1. The summed E-state index contributed by atoms with van der Waals surface area (Å²) >= 11 is 1.06. The second kappa shape index (κ2) is 8.51. The van der Waals surface area contributed by atoms with Crippen LogP contribution in [0.2, 0.25) is 0 Å². The molecule has 1 amide bonds. The zero-order valence-corrected chi connectivity index (χ0v) is 16.8. The average Bonchev–Trinajstić information content (AvgIpc) is 2.69. The van der Waals surface area contributed by atoms with Gasteiger partial charge in [-0.05, 0) is 30.5 Å². The number of aryl methyl sites for hydroxylation is 1. The van der Waals surface area contributed by atoms with E-state index in [0.29, 0.717) is 24.7 Å². The first-order valence-electron chi connectivity index (χ1n) is 8.90. The Kier molecular flexibility index (Phi) is 6.08. The molecule has 2 heterocycles. The highest BCUT2D eigenvalue weighted by Gasteiger charge is 2.22. The standard InChI is InChI=1S/C18H23N5O4S/c1-10(2)16(12-4-5-13-14(8-12)27-7-6-26-13)20-15(24)9-28-18-22-21-11(3)17(25)23(18)19/h4-5,8,10,16H,6-7,9,19H2,1-3H3,(H,20,24)/t16-/m0/s1. The average molecular weight is 405 g/mol. The summed E-state index contributed by atoms with van der Waals surface area (Å²) in [6.07, 6.45) is 0. The number of nitrogens with one attached hydrogen (secondary N) is 1. The topological polar surface area (TPSA) is 121 Å². The highest BCUT2D eigenvalue weighted by Crippen LogP contribution is 2.34. The van der Waals surface area contributed by atoms with Crippen LogP contribution in [0.15, 0.2) is 28.2 Å². The van der Waals surface area contributed by atoms with Gasteiger partial charge < -0.3 is 20.6 Å². The molecule has 150 valence electrons. The minimum atomic E-state index is -0.436. The van der Waals surface area contributed by atoms with Crippen molar-refractivity contribution in [3.8, 4) is 11.5 Å². The molecule has 2 aromatic rings. The molecular weight excluding hydrogens is 382 g/mol. The number of nitrogen functional groups attached to an aromatic ring is 1. The summed E-state index contributed by atoms with van der Waals surface area (Å²) in [7, 11) is 0. The number of nitrogens with zero attached hydrogens (tertiary/aromatic N) is 3. The van der Waals surface area contributed by atoms with Gasteiger partial charge in [0.2, 0.25) is 11.1 Å². The fraction of sp³-hybridized carbons (Fsp3) is 0.444. The molecular formula is C18H23N5O4S. The minimum Gasteiger partial charge on any atom is -0.486 e. The summed E-state index contributed by atoms with van der Waals surface area (Å²) in [5, 5.41) is 10.8. The molecule has 1 aromatic heterocycles. The van der Waals surface area contributed by atoms with Gasteiger partial charge in [0, 0.05) is 0 Å². The van der Waals surface area contributed by atoms with Gasteiger partial charge in [0.1, 0.15) is 18.9 Å². The largest absolute Gasteiger partial charge is 0.486 e. The van der Waals surface area contributed by atoms with Crippen LogP contribution in [0.3, 0.4) is 0 Å². The van der Waals surface area contributed by atoms with E-state index in [1.165, 1.54) is 6.92 Å². The Morgan fingerprint density at radius 3 is 2.71 bits per heavy atom. The van der Waals surface area contributed by atoms with Crippen molar-refractivity contribution >= 4 is 17.7 Å². The van der Waals surface area contributed by atoms with Crippen molar-refractivity contribution in [2.45, 2.75) is 32.0 Å². The van der Waals surface area contributed by atoms with Crippen molar-refractivity contribution in [3.05, 3.63) is 39.8 Å². The number of rotatable bonds is 6. The van der Waals surface area contributed by atoms with E-state index in [4.69, 9.17) is 15.3 Å². The van der Waals surface area contributed by atoms with Gasteiger partial charge in [-0.15, -0.1) is 10.2 Å². The second-order valence-electron chi connectivity index (χ2n) is 6.72. The molecule has 0 saturated carbocycles. The first-order chi connectivity index (χ1) is 13.4. The Morgan fingerprint density at radius 2 is 2.00 bits per heavy atom.